The first-order valence-corrected chi connectivity index (χ1v) is 11.0. The van der Waals surface area contributed by atoms with Gasteiger partial charge in [0, 0.05) is 51.8 Å². The van der Waals surface area contributed by atoms with Crippen LogP contribution in [0.2, 0.25) is 0 Å². The number of nitrogens with one attached hydrogen (secondary N) is 1. The van der Waals surface area contributed by atoms with Crippen molar-refractivity contribution < 1.29 is 19.1 Å². The van der Waals surface area contributed by atoms with Gasteiger partial charge in [-0.25, -0.2) is 4.98 Å². The van der Waals surface area contributed by atoms with Crippen LogP contribution in [0.15, 0.2) is 42.6 Å². The highest BCUT2D eigenvalue weighted by molar-refractivity contribution is 5.79. The van der Waals surface area contributed by atoms with Gasteiger partial charge in [0.2, 0.25) is 11.8 Å². The summed E-state index contributed by atoms with van der Waals surface area (Å²) in [7, 11) is 3.20. The Hall–Kier alpha value is -3.29. The molecule has 0 spiro atoms. The van der Waals surface area contributed by atoms with E-state index in [-0.39, 0.29) is 11.8 Å². The number of piperazine rings is 1. The van der Waals surface area contributed by atoms with Crippen LogP contribution >= 0.6 is 0 Å². The molecule has 8 heteroatoms. The Balaban J connectivity index is 1.31. The maximum atomic E-state index is 12.5. The number of nitrogens with zero attached hydrogens (tertiary/aromatic N) is 3. The molecule has 0 radical (unpaired) electrons. The van der Waals surface area contributed by atoms with Crippen molar-refractivity contribution in [3.63, 3.8) is 0 Å². The molecule has 172 valence electrons. The van der Waals surface area contributed by atoms with Gasteiger partial charge >= 0.3 is 0 Å². The van der Waals surface area contributed by atoms with Crippen LogP contribution < -0.4 is 19.7 Å². The minimum Gasteiger partial charge on any atom is -0.493 e. The van der Waals surface area contributed by atoms with Gasteiger partial charge in [0.1, 0.15) is 5.82 Å². The van der Waals surface area contributed by atoms with Gasteiger partial charge in [-0.3, -0.25) is 9.59 Å². The number of hydrogen-bond acceptors (Lipinski definition) is 6. The summed E-state index contributed by atoms with van der Waals surface area (Å²) >= 11 is 0. The topological polar surface area (TPSA) is 84.0 Å². The first-order chi connectivity index (χ1) is 15.6. The lowest BCUT2D eigenvalue weighted by atomic mass is 10.1. The maximum Gasteiger partial charge on any atom is 0.222 e. The summed E-state index contributed by atoms with van der Waals surface area (Å²) in [5.41, 5.74) is 1.06. The van der Waals surface area contributed by atoms with Gasteiger partial charge in [-0.15, -0.1) is 0 Å². The second kappa shape index (κ2) is 11.9. The molecule has 0 unspecified atom stereocenters. The Morgan fingerprint density at radius 2 is 1.78 bits per heavy atom. The molecule has 0 bridgehead atoms. The third kappa shape index (κ3) is 6.60. The normalized spacial score (nSPS) is 13.6. The molecule has 8 nitrogen and oxygen atoms in total. The molecule has 3 rings (SSSR count). The van der Waals surface area contributed by atoms with Gasteiger partial charge < -0.3 is 24.6 Å². The van der Waals surface area contributed by atoms with Crippen LogP contribution in [-0.4, -0.2) is 68.6 Å². The number of pyridine rings is 1. The van der Waals surface area contributed by atoms with Crippen molar-refractivity contribution in [1.29, 1.82) is 0 Å². The van der Waals surface area contributed by atoms with E-state index in [0.717, 1.165) is 24.5 Å². The average Bonchev–Trinajstić information content (AvgIpc) is 2.84. The third-order valence-electron chi connectivity index (χ3n) is 5.58. The second-order valence-corrected chi connectivity index (χ2v) is 7.70. The molecule has 1 aromatic carbocycles. The fourth-order valence-corrected chi connectivity index (χ4v) is 3.75. The van der Waals surface area contributed by atoms with Crippen molar-refractivity contribution >= 4 is 17.6 Å². The van der Waals surface area contributed by atoms with Crippen LogP contribution in [0.1, 0.15) is 24.8 Å². The number of anilines is 1. The van der Waals surface area contributed by atoms with E-state index in [0.29, 0.717) is 56.8 Å². The minimum atomic E-state index is -0.0294. The zero-order valence-corrected chi connectivity index (χ0v) is 18.9. The molecular weight excluding hydrogens is 408 g/mol. The maximum absolute atomic E-state index is 12.5. The highest BCUT2D eigenvalue weighted by Crippen LogP contribution is 2.27. The summed E-state index contributed by atoms with van der Waals surface area (Å²) in [6, 6.07) is 11.6. The van der Waals surface area contributed by atoms with Gasteiger partial charge in [0.15, 0.2) is 11.5 Å². The van der Waals surface area contributed by atoms with E-state index in [9.17, 15) is 9.59 Å². The fourth-order valence-electron chi connectivity index (χ4n) is 3.75. The molecule has 1 aliphatic rings. The summed E-state index contributed by atoms with van der Waals surface area (Å²) in [5.74, 6) is 2.39. The summed E-state index contributed by atoms with van der Waals surface area (Å²) in [5, 5.41) is 2.92. The Kier molecular flexibility index (Phi) is 8.71. The lowest BCUT2D eigenvalue weighted by Crippen LogP contribution is -2.49. The molecule has 2 amide bonds. The van der Waals surface area contributed by atoms with Crippen LogP contribution in [0.4, 0.5) is 5.82 Å². The van der Waals surface area contributed by atoms with E-state index in [1.807, 2.05) is 41.3 Å². The van der Waals surface area contributed by atoms with Crippen molar-refractivity contribution in [3.05, 3.63) is 48.2 Å². The lowest BCUT2D eigenvalue weighted by Gasteiger charge is -2.35. The zero-order chi connectivity index (χ0) is 22.8. The first-order valence-electron chi connectivity index (χ1n) is 11.0. The number of aromatic nitrogens is 1. The average molecular weight is 441 g/mol. The van der Waals surface area contributed by atoms with E-state index in [1.165, 1.54) is 0 Å². The van der Waals surface area contributed by atoms with Crippen molar-refractivity contribution in [2.24, 2.45) is 0 Å². The third-order valence-corrected chi connectivity index (χ3v) is 5.58. The van der Waals surface area contributed by atoms with Crippen molar-refractivity contribution in [2.45, 2.75) is 25.7 Å². The fraction of sp³-hybridized carbons (Fsp3) is 0.458. The number of carbonyl (C=O) groups excluding carboxylic acids is 2. The zero-order valence-electron chi connectivity index (χ0n) is 18.9. The molecule has 0 saturated carbocycles. The highest BCUT2D eigenvalue weighted by atomic mass is 16.5. The Morgan fingerprint density at radius 3 is 2.47 bits per heavy atom. The molecule has 1 N–H and O–H groups in total. The highest BCUT2D eigenvalue weighted by Gasteiger charge is 2.21. The Morgan fingerprint density at radius 1 is 1.00 bits per heavy atom. The van der Waals surface area contributed by atoms with Crippen LogP contribution in [0.5, 0.6) is 11.5 Å². The van der Waals surface area contributed by atoms with Crippen LogP contribution in [-0.2, 0) is 16.0 Å². The number of amides is 2. The molecule has 0 atom stereocenters. The summed E-state index contributed by atoms with van der Waals surface area (Å²) < 4.78 is 10.5. The molecule has 32 heavy (non-hydrogen) atoms. The quantitative estimate of drug-likeness (QED) is 0.610. The SMILES string of the molecule is COc1ccc(CCNC(=O)CCCC(=O)N2CCN(c3ccccn3)CC2)cc1OC. The Bertz CT molecular complexity index is 883. The van der Waals surface area contributed by atoms with Gasteiger partial charge in [-0.1, -0.05) is 12.1 Å². The largest absolute Gasteiger partial charge is 0.493 e. The van der Waals surface area contributed by atoms with Crippen LogP contribution in [0.3, 0.4) is 0 Å². The molecule has 1 aromatic heterocycles. The molecule has 0 aliphatic carbocycles. The number of methoxy groups -OCH3 is 2. The van der Waals surface area contributed by atoms with Crippen molar-refractivity contribution in [2.75, 3.05) is 51.8 Å². The summed E-state index contributed by atoms with van der Waals surface area (Å²) in [4.78, 5) is 33.0. The van der Waals surface area contributed by atoms with Crippen LogP contribution in [0.25, 0.3) is 0 Å². The molecule has 2 aromatic rings. The van der Waals surface area contributed by atoms with Crippen molar-refractivity contribution in [1.82, 2.24) is 15.2 Å². The van der Waals surface area contributed by atoms with E-state index in [1.54, 1.807) is 20.4 Å². The number of ether oxygens (including phenoxy) is 2. The second-order valence-electron chi connectivity index (χ2n) is 7.70. The molecule has 1 fully saturated rings. The monoisotopic (exact) mass is 440 g/mol. The molecule has 1 aliphatic heterocycles. The van der Waals surface area contributed by atoms with Crippen LogP contribution in [0, 0.1) is 0 Å². The van der Waals surface area contributed by atoms with E-state index in [2.05, 4.69) is 15.2 Å². The molecule has 2 heterocycles. The number of hydrogen-bond donors (Lipinski definition) is 1. The number of rotatable bonds is 10. The summed E-state index contributed by atoms with van der Waals surface area (Å²) in [6.45, 7) is 3.47. The Labute approximate surface area is 189 Å². The number of carbonyl (C=O) groups is 2. The smallest absolute Gasteiger partial charge is 0.222 e. The van der Waals surface area contributed by atoms with E-state index < -0.39 is 0 Å². The van der Waals surface area contributed by atoms with Gasteiger partial charge in [0.25, 0.3) is 0 Å². The first kappa shape index (κ1) is 23.4. The minimum absolute atomic E-state index is 0.0294. The van der Waals surface area contributed by atoms with E-state index >= 15 is 0 Å². The molecular formula is C24H32N4O4. The predicted molar refractivity (Wildman–Crippen MR) is 123 cm³/mol. The van der Waals surface area contributed by atoms with Gasteiger partial charge in [-0.2, -0.15) is 0 Å². The van der Waals surface area contributed by atoms with Gasteiger partial charge in [-0.05, 0) is 42.7 Å². The molecule has 1 saturated heterocycles. The predicted octanol–water partition coefficient (Wildman–Crippen LogP) is 2.28. The van der Waals surface area contributed by atoms with Gasteiger partial charge in [0.05, 0.1) is 14.2 Å². The lowest BCUT2D eigenvalue weighted by molar-refractivity contribution is -0.131. The number of benzene rings is 1. The summed E-state index contributed by atoms with van der Waals surface area (Å²) in [6.07, 6.45) is 3.79. The van der Waals surface area contributed by atoms with Crippen molar-refractivity contribution in [3.8, 4) is 11.5 Å². The van der Waals surface area contributed by atoms with E-state index in [4.69, 9.17) is 9.47 Å². The standard InChI is InChI=1S/C24H32N4O4/c1-31-20-10-9-19(18-21(20)32-2)11-13-26-23(29)7-5-8-24(30)28-16-14-27(15-17-28)22-6-3-4-12-25-22/h3-4,6,9-10,12,18H,5,7-8,11,13-17H2,1-2H3,(H,26,29).